The summed E-state index contributed by atoms with van der Waals surface area (Å²) in [5, 5.41) is 19.6. The van der Waals surface area contributed by atoms with Crippen molar-refractivity contribution >= 4 is 0 Å². The number of benzene rings is 1. The Morgan fingerprint density at radius 3 is 2.67 bits per heavy atom. The Morgan fingerprint density at radius 1 is 1.33 bits per heavy atom. The van der Waals surface area contributed by atoms with Gasteiger partial charge in [-0.05, 0) is 27.0 Å². The molecule has 0 aromatic heterocycles. The lowest BCUT2D eigenvalue weighted by Crippen LogP contribution is -2.57. The molecule has 0 bridgehead atoms. The van der Waals surface area contributed by atoms with Crippen molar-refractivity contribution in [2.75, 3.05) is 20.2 Å². The van der Waals surface area contributed by atoms with E-state index < -0.39 is 11.7 Å². The maximum atomic E-state index is 10.6. The van der Waals surface area contributed by atoms with Crippen molar-refractivity contribution < 1.29 is 14.9 Å². The molecule has 0 aliphatic carbocycles. The van der Waals surface area contributed by atoms with Crippen molar-refractivity contribution in [2.45, 2.75) is 31.6 Å². The number of nitrogens with zero attached hydrogens (tertiary/aromatic N) is 1. The van der Waals surface area contributed by atoms with Gasteiger partial charge in [-0.1, -0.05) is 18.2 Å². The van der Waals surface area contributed by atoms with Gasteiger partial charge >= 0.3 is 0 Å². The molecule has 4 nitrogen and oxygen atoms in total. The third kappa shape index (κ3) is 2.23. The SMILES string of the molecule is CN(CCO)C1C(O)c2ccccc2OC1(C)C. The van der Waals surface area contributed by atoms with Gasteiger partial charge in [0.1, 0.15) is 17.5 Å². The van der Waals surface area contributed by atoms with Crippen LogP contribution in [0.4, 0.5) is 0 Å². The molecule has 1 aliphatic heterocycles. The number of hydrogen-bond acceptors (Lipinski definition) is 4. The maximum absolute atomic E-state index is 10.6. The highest BCUT2D eigenvalue weighted by molar-refractivity contribution is 5.39. The van der Waals surface area contributed by atoms with E-state index in [1.54, 1.807) is 0 Å². The minimum atomic E-state index is -0.610. The summed E-state index contributed by atoms with van der Waals surface area (Å²) in [5.41, 5.74) is 0.309. The summed E-state index contributed by atoms with van der Waals surface area (Å²) in [6.07, 6.45) is -0.610. The highest BCUT2D eigenvalue weighted by Gasteiger charge is 2.45. The van der Waals surface area contributed by atoms with E-state index in [-0.39, 0.29) is 12.6 Å². The van der Waals surface area contributed by atoms with E-state index in [9.17, 15) is 5.11 Å². The minimum Gasteiger partial charge on any atom is -0.486 e. The van der Waals surface area contributed by atoms with Crippen LogP contribution in [0.25, 0.3) is 0 Å². The lowest BCUT2D eigenvalue weighted by molar-refractivity contribution is -0.0772. The van der Waals surface area contributed by atoms with Crippen LogP contribution in [0.5, 0.6) is 5.75 Å². The smallest absolute Gasteiger partial charge is 0.126 e. The van der Waals surface area contributed by atoms with Gasteiger partial charge in [0, 0.05) is 12.1 Å². The van der Waals surface area contributed by atoms with Crippen LogP contribution in [0.2, 0.25) is 0 Å². The van der Waals surface area contributed by atoms with E-state index in [0.717, 1.165) is 11.3 Å². The Kier molecular flexibility index (Phi) is 3.61. The Morgan fingerprint density at radius 2 is 2.00 bits per heavy atom. The first-order chi connectivity index (χ1) is 8.47. The van der Waals surface area contributed by atoms with Gasteiger partial charge in [0.2, 0.25) is 0 Å². The Balaban J connectivity index is 2.36. The van der Waals surface area contributed by atoms with Gasteiger partial charge in [0.25, 0.3) is 0 Å². The number of fused-ring (bicyclic) bond motifs is 1. The normalized spacial score (nSPS) is 25.7. The molecule has 0 saturated heterocycles. The molecule has 0 fully saturated rings. The largest absolute Gasteiger partial charge is 0.486 e. The van der Waals surface area contributed by atoms with Crippen molar-refractivity contribution in [1.29, 1.82) is 0 Å². The zero-order valence-electron chi connectivity index (χ0n) is 11.1. The molecule has 1 aliphatic rings. The fourth-order valence-corrected chi connectivity index (χ4v) is 2.78. The summed E-state index contributed by atoms with van der Waals surface area (Å²) in [5.74, 6) is 0.739. The predicted molar refractivity (Wildman–Crippen MR) is 69.6 cm³/mol. The first-order valence-corrected chi connectivity index (χ1v) is 6.24. The van der Waals surface area contributed by atoms with E-state index in [1.807, 2.05) is 50.1 Å². The highest BCUT2D eigenvalue weighted by atomic mass is 16.5. The summed E-state index contributed by atoms with van der Waals surface area (Å²) in [6.45, 7) is 4.50. The van der Waals surface area contributed by atoms with Crippen molar-refractivity contribution in [1.82, 2.24) is 4.90 Å². The molecule has 4 heteroatoms. The number of para-hydroxylation sites is 1. The molecule has 1 heterocycles. The molecule has 0 saturated carbocycles. The summed E-state index contributed by atoms with van der Waals surface area (Å²) < 4.78 is 5.99. The lowest BCUT2D eigenvalue weighted by Gasteiger charge is -2.46. The van der Waals surface area contributed by atoms with Crippen LogP contribution in [0.1, 0.15) is 25.5 Å². The monoisotopic (exact) mass is 251 g/mol. The Bertz CT molecular complexity index is 419. The van der Waals surface area contributed by atoms with Gasteiger partial charge in [0.05, 0.1) is 12.6 Å². The summed E-state index contributed by atoms with van der Waals surface area (Å²) in [7, 11) is 1.89. The summed E-state index contributed by atoms with van der Waals surface area (Å²) in [6, 6.07) is 7.38. The van der Waals surface area contributed by atoms with Crippen molar-refractivity contribution in [3.8, 4) is 5.75 Å². The fourth-order valence-electron chi connectivity index (χ4n) is 2.78. The standard InChI is InChI=1S/C14H21NO3/c1-14(2)13(15(3)8-9-16)12(17)10-6-4-5-7-11(10)18-14/h4-7,12-13,16-17H,8-9H2,1-3H3. The Hall–Kier alpha value is -1.10. The fraction of sp³-hybridized carbons (Fsp3) is 0.571. The molecule has 1 aromatic carbocycles. The third-order valence-electron chi connectivity index (χ3n) is 3.55. The number of aliphatic hydroxyl groups is 2. The number of likely N-dealkylation sites (N-methyl/N-ethyl adjacent to an activating group) is 1. The quantitative estimate of drug-likeness (QED) is 0.847. The predicted octanol–water partition coefficient (Wildman–Crippen LogP) is 1.18. The van der Waals surface area contributed by atoms with Crippen LogP contribution < -0.4 is 4.74 Å². The van der Waals surface area contributed by atoms with Crippen molar-refractivity contribution in [3.63, 3.8) is 0 Å². The molecule has 0 spiro atoms. The molecule has 100 valence electrons. The molecular formula is C14H21NO3. The van der Waals surface area contributed by atoms with Gasteiger partial charge < -0.3 is 14.9 Å². The van der Waals surface area contributed by atoms with Crippen molar-refractivity contribution in [3.05, 3.63) is 29.8 Å². The average molecular weight is 251 g/mol. The average Bonchev–Trinajstić information content (AvgIpc) is 2.28. The van der Waals surface area contributed by atoms with E-state index >= 15 is 0 Å². The van der Waals surface area contributed by atoms with Gasteiger partial charge in [-0.25, -0.2) is 0 Å². The first kappa shape index (κ1) is 13.3. The van der Waals surface area contributed by atoms with Crippen LogP contribution in [-0.2, 0) is 0 Å². The number of rotatable bonds is 3. The van der Waals surface area contributed by atoms with Gasteiger partial charge in [-0.15, -0.1) is 0 Å². The van der Waals surface area contributed by atoms with Crippen LogP contribution in [-0.4, -0.2) is 47.0 Å². The molecule has 2 N–H and O–H groups in total. The second-order valence-electron chi connectivity index (χ2n) is 5.34. The van der Waals surface area contributed by atoms with Gasteiger partial charge in [0.15, 0.2) is 0 Å². The lowest BCUT2D eigenvalue weighted by atomic mass is 9.85. The molecule has 2 unspecified atom stereocenters. The van der Waals surface area contributed by atoms with E-state index in [2.05, 4.69) is 0 Å². The highest BCUT2D eigenvalue weighted by Crippen LogP contribution is 2.41. The van der Waals surface area contributed by atoms with E-state index in [4.69, 9.17) is 9.84 Å². The second kappa shape index (κ2) is 4.88. The first-order valence-electron chi connectivity index (χ1n) is 6.24. The molecular weight excluding hydrogens is 230 g/mol. The van der Waals surface area contributed by atoms with E-state index in [0.29, 0.717) is 6.54 Å². The van der Waals surface area contributed by atoms with Gasteiger partial charge in [-0.3, -0.25) is 4.90 Å². The summed E-state index contributed by atoms with van der Waals surface area (Å²) >= 11 is 0. The third-order valence-corrected chi connectivity index (χ3v) is 3.55. The number of ether oxygens (including phenoxy) is 1. The molecule has 1 aromatic rings. The van der Waals surface area contributed by atoms with Crippen LogP contribution in [0.15, 0.2) is 24.3 Å². The molecule has 2 atom stereocenters. The zero-order chi connectivity index (χ0) is 13.3. The molecule has 0 radical (unpaired) electrons. The van der Waals surface area contributed by atoms with Gasteiger partial charge in [-0.2, -0.15) is 0 Å². The van der Waals surface area contributed by atoms with Crippen LogP contribution in [0, 0.1) is 0 Å². The second-order valence-corrected chi connectivity index (χ2v) is 5.34. The summed E-state index contributed by atoms with van der Waals surface area (Å²) in [4.78, 5) is 1.95. The van der Waals surface area contributed by atoms with Crippen LogP contribution in [0.3, 0.4) is 0 Å². The number of aliphatic hydroxyl groups excluding tert-OH is 2. The molecule has 18 heavy (non-hydrogen) atoms. The van der Waals surface area contributed by atoms with E-state index in [1.165, 1.54) is 0 Å². The number of hydrogen-bond donors (Lipinski definition) is 2. The topological polar surface area (TPSA) is 52.9 Å². The minimum absolute atomic E-state index is 0.0669. The molecule has 2 rings (SSSR count). The van der Waals surface area contributed by atoms with Crippen LogP contribution >= 0.6 is 0 Å². The maximum Gasteiger partial charge on any atom is 0.126 e. The zero-order valence-corrected chi connectivity index (χ0v) is 11.1. The Labute approximate surface area is 108 Å². The van der Waals surface area contributed by atoms with Crippen molar-refractivity contribution in [2.24, 2.45) is 0 Å². The molecule has 0 amide bonds.